The summed E-state index contributed by atoms with van der Waals surface area (Å²) in [7, 11) is -1.88. The lowest BCUT2D eigenvalue weighted by Gasteiger charge is -2.23. The van der Waals surface area contributed by atoms with E-state index in [1.165, 1.54) is 11.4 Å². The number of carbonyl (C=O) groups excluding carboxylic acids is 1. The van der Waals surface area contributed by atoms with Crippen LogP contribution >= 0.6 is 11.6 Å². The first-order valence-corrected chi connectivity index (χ1v) is 9.51. The number of sulfonamides is 1. The van der Waals surface area contributed by atoms with Crippen molar-refractivity contribution < 1.29 is 17.9 Å². The number of nitrogens with zero attached hydrogens (tertiary/aromatic N) is 1. The van der Waals surface area contributed by atoms with E-state index in [-0.39, 0.29) is 11.7 Å². The van der Waals surface area contributed by atoms with Gasteiger partial charge in [-0.1, -0.05) is 18.5 Å². The summed E-state index contributed by atoms with van der Waals surface area (Å²) in [5.41, 5.74) is 0.514. The second-order valence-electron chi connectivity index (χ2n) is 5.42. The van der Waals surface area contributed by atoms with Gasteiger partial charge in [0.2, 0.25) is 15.9 Å². The molecule has 1 aromatic carbocycles. The number of methoxy groups -OCH3 is 1. The molecule has 1 heterocycles. The molecule has 0 saturated carbocycles. The highest BCUT2D eigenvalue weighted by molar-refractivity contribution is 7.89. The quantitative estimate of drug-likeness (QED) is 0.845. The Balaban J connectivity index is 2.12. The van der Waals surface area contributed by atoms with Crippen LogP contribution in [0.1, 0.15) is 26.2 Å². The van der Waals surface area contributed by atoms with E-state index in [1.54, 1.807) is 18.2 Å². The summed E-state index contributed by atoms with van der Waals surface area (Å²) in [6.07, 6.45) is 1.74. The topological polar surface area (TPSA) is 75.7 Å². The number of carbonyl (C=O) groups is 1. The maximum atomic E-state index is 12.5. The Hall–Kier alpha value is -1.31. The van der Waals surface area contributed by atoms with Crippen LogP contribution < -0.4 is 10.1 Å². The van der Waals surface area contributed by atoms with Crippen molar-refractivity contribution in [1.82, 2.24) is 4.31 Å². The van der Waals surface area contributed by atoms with Gasteiger partial charge >= 0.3 is 0 Å². The molecule has 1 N–H and O–H groups in total. The fraction of sp³-hybridized carbons (Fsp3) is 0.533. The normalized spacial score (nSPS) is 18.8. The highest BCUT2D eigenvalue weighted by atomic mass is 35.5. The largest absolute Gasteiger partial charge is 0.495 e. The highest BCUT2D eigenvalue weighted by Crippen LogP contribution is 2.28. The number of benzene rings is 1. The van der Waals surface area contributed by atoms with Gasteiger partial charge in [-0.05, 0) is 37.5 Å². The van der Waals surface area contributed by atoms with E-state index >= 15 is 0 Å². The first-order chi connectivity index (χ1) is 10.9. The van der Waals surface area contributed by atoms with Gasteiger partial charge < -0.3 is 10.1 Å². The van der Waals surface area contributed by atoms with Crippen molar-refractivity contribution in [3.8, 4) is 5.75 Å². The zero-order chi connectivity index (χ0) is 17.0. The van der Waals surface area contributed by atoms with Crippen LogP contribution in [0.2, 0.25) is 5.02 Å². The van der Waals surface area contributed by atoms with E-state index in [2.05, 4.69) is 5.32 Å². The molecule has 1 amide bonds. The third-order valence-electron chi connectivity index (χ3n) is 3.75. The summed E-state index contributed by atoms with van der Waals surface area (Å²) in [6.45, 7) is 2.20. The lowest BCUT2D eigenvalue weighted by atomic mass is 10.2. The number of anilines is 1. The van der Waals surface area contributed by atoms with Crippen molar-refractivity contribution in [2.45, 2.75) is 32.2 Å². The van der Waals surface area contributed by atoms with E-state index in [1.807, 2.05) is 6.92 Å². The van der Waals surface area contributed by atoms with Crippen LogP contribution in [-0.2, 0) is 14.8 Å². The third-order valence-corrected chi connectivity index (χ3v) is 6.12. The molecule has 0 aromatic heterocycles. The molecule has 1 aliphatic rings. The van der Waals surface area contributed by atoms with Crippen molar-refractivity contribution in [1.29, 1.82) is 0 Å². The Morgan fingerprint density at radius 3 is 2.83 bits per heavy atom. The molecule has 23 heavy (non-hydrogen) atoms. The second-order valence-corrected chi connectivity index (χ2v) is 7.87. The van der Waals surface area contributed by atoms with Crippen LogP contribution in [0.15, 0.2) is 18.2 Å². The van der Waals surface area contributed by atoms with Crippen LogP contribution in [0.25, 0.3) is 0 Å². The Morgan fingerprint density at radius 1 is 1.48 bits per heavy atom. The standard InChI is InChI=1S/C15H21ClN2O4S/c1-3-9-23(20,21)18-8-4-5-13(18)15(19)17-11-6-7-14(22-2)12(16)10-11/h6-7,10,13H,3-5,8-9H2,1-2H3,(H,17,19). The molecule has 8 heteroatoms. The molecule has 128 valence electrons. The van der Waals surface area contributed by atoms with Crippen molar-refractivity contribution in [2.24, 2.45) is 0 Å². The summed E-state index contributed by atoms with van der Waals surface area (Å²) >= 11 is 6.03. The number of rotatable bonds is 6. The predicted octanol–water partition coefficient (Wildman–Crippen LogP) is 2.49. The van der Waals surface area contributed by atoms with Crippen molar-refractivity contribution in [2.75, 3.05) is 24.7 Å². The van der Waals surface area contributed by atoms with E-state index in [0.29, 0.717) is 42.3 Å². The van der Waals surface area contributed by atoms with Gasteiger partial charge in [-0.2, -0.15) is 4.31 Å². The molecule has 0 aliphatic carbocycles. The minimum absolute atomic E-state index is 0.0607. The van der Waals surface area contributed by atoms with Gasteiger partial charge in [-0.3, -0.25) is 4.79 Å². The molecule has 0 spiro atoms. The average molecular weight is 361 g/mol. The Kier molecular flexibility index (Phi) is 5.89. The van der Waals surface area contributed by atoms with Gasteiger partial charge in [-0.15, -0.1) is 0 Å². The molecule has 1 aliphatic heterocycles. The summed E-state index contributed by atoms with van der Waals surface area (Å²) in [4.78, 5) is 12.5. The van der Waals surface area contributed by atoms with Crippen LogP contribution in [0, 0.1) is 0 Å². The molecule has 1 fully saturated rings. The lowest BCUT2D eigenvalue weighted by Crippen LogP contribution is -2.44. The minimum atomic E-state index is -3.39. The summed E-state index contributed by atoms with van der Waals surface area (Å²) in [6, 6.07) is 4.24. The van der Waals surface area contributed by atoms with Gasteiger partial charge in [0.15, 0.2) is 0 Å². The third kappa shape index (κ3) is 4.16. The fourth-order valence-electron chi connectivity index (χ4n) is 2.68. The molecule has 1 saturated heterocycles. The van der Waals surface area contributed by atoms with E-state index < -0.39 is 16.1 Å². The van der Waals surface area contributed by atoms with Gasteiger partial charge in [0.1, 0.15) is 11.8 Å². The lowest BCUT2D eigenvalue weighted by molar-refractivity contribution is -0.119. The van der Waals surface area contributed by atoms with E-state index in [9.17, 15) is 13.2 Å². The highest BCUT2D eigenvalue weighted by Gasteiger charge is 2.38. The molecular formula is C15H21ClN2O4S. The Bertz CT molecular complexity index is 678. The monoisotopic (exact) mass is 360 g/mol. The second kappa shape index (κ2) is 7.51. The molecule has 1 aromatic rings. The fourth-order valence-corrected chi connectivity index (χ4v) is 4.68. The number of nitrogens with one attached hydrogen (secondary N) is 1. The zero-order valence-corrected chi connectivity index (χ0v) is 14.8. The average Bonchev–Trinajstić information content (AvgIpc) is 2.98. The van der Waals surface area contributed by atoms with Crippen molar-refractivity contribution in [3.05, 3.63) is 23.2 Å². The maximum Gasteiger partial charge on any atom is 0.242 e. The maximum absolute atomic E-state index is 12.5. The Labute approximate surface area is 141 Å². The summed E-state index contributed by atoms with van der Waals surface area (Å²) in [5, 5.41) is 3.12. The molecule has 2 rings (SSSR count). The first kappa shape index (κ1) is 18.0. The SMILES string of the molecule is CCCS(=O)(=O)N1CCCC1C(=O)Nc1ccc(OC)c(Cl)c1. The molecule has 1 unspecified atom stereocenters. The zero-order valence-electron chi connectivity index (χ0n) is 13.2. The smallest absolute Gasteiger partial charge is 0.242 e. The number of hydrogen-bond acceptors (Lipinski definition) is 4. The number of amides is 1. The van der Waals surface area contributed by atoms with Crippen LogP contribution in [0.5, 0.6) is 5.75 Å². The molecule has 0 bridgehead atoms. The van der Waals surface area contributed by atoms with Crippen molar-refractivity contribution in [3.63, 3.8) is 0 Å². The van der Waals surface area contributed by atoms with Crippen molar-refractivity contribution >= 4 is 33.2 Å². The number of ether oxygens (including phenoxy) is 1. The van der Waals surface area contributed by atoms with E-state index in [4.69, 9.17) is 16.3 Å². The van der Waals surface area contributed by atoms with Crippen LogP contribution in [-0.4, -0.2) is 44.1 Å². The summed E-state index contributed by atoms with van der Waals surface area (Å²) < 4.78 is 30.9. The minimum Gasteiger partial charge on any atom is -0.495 e. The van der Waals surface area contributed by atoms with Gasteiger partial charge in [0.25, 0.3) is 0 Å². The predicted molar refractivity (Wildman–Crippen MR) is 90.4 cm³/mol. The summed E-state index contributed by atoms with van der Waals surface area (Å²) in [5.74, 6) is 0.242. The molecule has 0 radical (unpaired) electrons. The Morgan fingerprint density at radius 2 is 2.22 bits per heavy atom. The van der Waals surface area contributed by atoms with Gasteiger partial charge in [-0.25, -0.2) is 8.42 Å². The van der Waals surface area contributed by atoms with Crippen LogP contribution in [0.4, 0.5) is 5.69 Å². The van der Waals surface area contributed by atoms with Gasteiger partial charge in [0, 0.05) is 12.2 Å². The molecule has 6 nitrogen and oxygen atoms in total. The first-order valence-electron chi connectivity index (χ1n) is 7.53. The molecular weight excluding hydrogens is 340 g/mol. The van der Waals surface area contributed by atoms with Gasteiger partial charge in [0.05, 0.1) is 17.9 Å². The van der Waals surface area contributed by atoms with Crippen LogP contribution in [0.3, 0.4) is 0 Å². The molecule has 1 atom stereocenters. The van der Waals surface area contributed by atoms with E-state index in [0.717, 1.165) is 0 Å². The number of halogens is 1. The number of hydrogen-bond donors (Lipinski definition) is 1.